The van der Waals surface area contributed by atoms with E-state index in [1.54, 1.807) is 24.3 Å². The minimum Gasteiger partial charge on any atom is -0.349 e. The number of anilines is 2. The standard InChI is InChI=1S/C16H16N4O2/c1-10(21)11-2-4-14(5-3-11)20-16-17-8-12(9-18-16)15(22)19-13-6-7-13/h2-5,8-9,13H,6-7H2,1H3,(H,19,22)(H,17,18,20). The lowest BCUT2D eigenvalue weighted by atomic mass is 10.1. The van der Waals surface area contributed by atoms with Gasteiger partial charge >= 0.3 is 0 Å². The number of nitrogens with one attached hydrogen (secondary N) is 2. The van der Waals surface area contributed by atoms with Gasteiger partial charge in [0.15, 0.2) is 5.78 Å². The Morgan fingerprint density at radius 1 is 1.05 bits per heavy atom. The second-order valence-corrected chi connectivity index (χ2v) is 5.30. The van der Waals surface area contributed by atoms with Gasteiger partial charge in [0.05, 0.1) is 5.56 Å². The molecule has 1 amide bonds. The zero-order chi connectivity index (χ0) is 15.5. The molecule has 2 N–H and O–H groups in total. The topological polar surface area (TPSA) is 84.0 Å². The number of amides is 1. The van der Waals surface area contributed by atoms with E-state index in [0.29, 0.717) is 23.1 Å². The molecule has 1 heterocycles. The Kier molecular flexibility index (Phi) is 3.82. The zero-order valence-corrected chi connectivity index (χ0v) is 12.2. The van der Waals surface area contributed by atoms with Crippen molar-refractivity contribution >= 4 is 23.3 Å². The third kappa shape index (κ3) is 3.46. The fourth-order valence-corrected chi connectivity index (χ4v) is 1.92. The second kappa shape index (κ2) is 5.93. The highest BCUT2D eigenvalue weighted by atomic mass is 16.1. The van der Waals surface area contributed by atoms with Gasteiger partial charge in [-0.2, -0.15) is 0 Å². The van der Waals surface area contributed by atoms with E-state index in [1.807, 2.05) is 0 Å². The first-order chi connectivity index (χ1) is 10.6. The number of carbonyl (C=O) groups excluding carboxylic acids is 2. The van der Waals surface area contributed by atoms with Crippen LogP contribution in [-0.2, 0) is 0 Å². The lowest BCUT2D eigenvalue weighted by molar-refractivity contribution is 0.0949. The average Bonchev–Trinajstić information content (AvgIpc) is 3.32. The van der Waals surface area contributed by atoms with Crippen molar-refractivity contribution < 1.29 is 9.59 Å². The molecule has 1 saturated carbocycles. The van der Waals surface area contributed by atoms with Crippen LogP contribution in [0.5, 0.6) is 0 Å². The lowest BCUT2D eigenvalue weighted by Gasteiger charge is -2.06. The van der Waals surface area contributed by atoms with Crippen molar-refractivity contribution in [2.45, 2.75) is 25.8 Å². The number of benzene rings is 1. The third-order valence-corrected chi connectivity index (χ3v) is 3.37. The summed E-state index contributed by atoms with van der Waals surface area (Å²) in [4.78, 5) is 31.3. The van der Waals surface area contributed by atoms with Crippen LogP contribution in [-0.4, -0.2) is 27.7 Å². The number of nitrogens with zero attached hydrogens (tertiary/aromatic N) is 2. The van der Waals surface area contributed by atoms with Gasteiger partial charge in [-0.25, -0.2) is 9.97 Å². The SMILES string of the molecule is CC(=O)c1ccc(Nc2ncc(C(=O)NC3CC3)cn2)cc1. The van der Waals surface area contributed by atoms with Crippen molar-refractivity contribution in [2.24, 2.45) is 0 Å². The first kappa shape index (κ1) is 14.2. The van der Waals surface area contributed by atoms with Crippen molar-refractivity contribution in [3.05, 3.63) is 47.8 Å². The summed E-state index contributed by atoms with van der Waals surface area (Å²) < 4.78 is 0. The second-order valence-electron chi connectivity index (χ2n) is 5.30. The van der Waals surface area contributed by atoms with Crippen LogP contribution in [0.3, 0.4) is 0 Å². The van der Waals surface area contributed by atoms with Gasteiger partial charge in [-0.1, -0.05) is 0 Å². The van der Waals surface area contributed by atoms with Crippen LogP contribution >= 0.6 is 0 Å². The highest BCUT2D eigenvalue weighted by Crippen LogP contribution is 2.19. The van der Waals surface area contributed by atoms with E-state index in [-0.39, 0.29) is 11.7 Å². The van der Waals surface area contributed by atoms with E-state index in [2.05, 4.69) is 20.6 Å². The summed E-state index contributed by atoms with van der Waals surface area (Å²) in [7, 11) is 0. The molecule has 0 atom stereocenters. The number of hydrogen-bond donors (Lipinski definition) is 2. The molecule has 1 aliphatic rings. The molecule has 1 aliphatic carbocycles. The summed E-state index contributed by atoms with van der Waals surface area (Å²) in [6.45, 7) is 1.52. The van der Waals surface area contributed by atoms with Gasteiger partial charge in [-0.05, 0) is 44.0 Å². The smallest absolute Gasteiger partial charge is 0.254 e. The van der Waals surface area contributed by atoms with E-state index in [9.17, 15) is 9.59 Å². The molecule has 22 heavy (non-hydrogen) atoms. The predicted molar refractivity (Wildman–Crippen MR) is 82.2 cm³/mol. The van der Waals surface area contributed by atoms with Gasteiger partial charge < -0.3 is 10.6 Å². The van der Waals surface area contributed by atoms with Gasteiger partial charge in [-0.3, -0.25) is 9.59 Å². The Hall–Kier alpha value is -2.76. The van der Waals surface area contributed by atoms with Crippen molar-refractivity contribution in [3.8, 4) is 0 Å². The Morgan fingerprint density at radius 2 is 1.68 bits per heavy atom. The summed E-state index contributed by atoms with van der Waals surface area (Å²) in [6, 6.07) is 7.36. The largest absolute Gasteiger partial charge is 0.349 e. The first-order valence-corrected chi connectivity index (χ1v) is 7.13. The molecule has 0 spiro atoms. The van der Waals surface area contributed by atoms with Gasteiger partial charge in [-0.15, -0.1) is 0 Å². The molecule has 0 aliphatic heterocycles. The molecule has 6 heteroatoms. The fourth-order valence-electron chi connectivity index (χ4n) is 1.92. The predicted octanol–water partition coefficient (Wildman–Crippen LogP) is 2.32. The van der Waals surface area contributed by atoms with Crippen molar-refractivity contribution in [1.82, 2.24) is 15.3 Å². The molecule has 6 nitrogen and oxygen atoms in total. The van der Waals surface area contributed by atoms with Gasteiger partial charge in [0, 0.05) is 29.7 Å². The van der Waals surface area contributed by atoms with Crippen molar-refractivity contribution in [2.75, 3.05) is 5.32 Å². The van der Waals surface area contributed by atoms with Crippen LogP contribution in [0, 0.1) is 0 Å². The lowest BCUT2D eigenvalue weighted by Crippen LogP contribution is -2.25. The van der Waals surface area contributed by atoms with E-state index in [0.717, 1.165) is 18.5 Å². The summed E-state index contributed by atoms with van der Waals surface area (Å²) in [6.07, 6.45) is 5.08. The molecule has 0 saturated heterocycles. The van der Waals surface area contributed by atoms with E-state index in [1.165, 1.54) is 19.3 Å². The molecule has 0 unspecified atom stereocenters. The number of hydrogen-bond acceptors (Lipinski definition) is 5. The molecule has 112 valence electrons. The molecular formula is C16H16N4O2. The van der Waals surface area contributed by atoms with Crippen LogP contribution in [0.25, 0.3) is 0 Å². The fraction of sp³-hybridized carbons (Fsp3) is 0.250. The van der Waals surface area contributed by atoms with Gasteiger partial charge in [0.25, 0.3) is 5.91 Å². The summed E-state index contributed by atoms with van der Waals surface area (Å²) >= 11 is 0. The number of ketones is 1. The summed E-state index contributed by atoms with van der Waals surface area (Å²) in [5, 5.41) is 5.91. The minimum absolute atomic E-state index is 0.0221. The maximum Gasteiger partial charge on any atom is 0.254 e. The van der Waals surface area contributed by atoms with Crippen LogP contribution < -0.4 is 10.6 Å². The zero-order valence-electron chi connectivity index (χ0n) is 12.2. The molecule has 3 rings (SSSR count). The van der Waals surface area contributed by atoms with Crippen LogP contribution in [0.1, 0.15) is 40.5 Å². The van der Waals surface area contributed by atoms with E-state index >= 15 is 0 Å². The van der Waals surface area contributed by atoms with Crippen LogP contribution in [0.4, 0.5) is 11.6 Å². The maximum absolute atomic E-state index is 11.8. The molecule has 1 aromatic carbocycles. The molecule has 2 aromatic rings. The first-order valence-electron chi connectivity index (χ1n) is 7.13. The van der Waals surface area contributed by atoms with E-state index in [4.69, 9.17) is 0 Å². The highest BCUT2D eigenvalue weighted by Gasteiger charge is 2.23. The molecule has 1 fully saturated rings. The quantitative estimate of drug-likeness (QED) is 0.827. The Morgan fingerprint density at radius 3 is 2.23 bits per heavy atom. The molecule has 0 bridgehead atoms. The van der Waals surface area contributed by atoms with Crippen molar-refractivity contribution in [3.63, 3.8) is 0 Å². The Balaban J connectivity index is 1.64. The number of carbonyl (C=O) groups is 2. The average molecular weight is 296 g/mol. The summed E-state index contributed by atoms with van der Waals surface area (Å²) in [5.41, 5.74) is 1.88. The Bertz CT molecular complexity index is 691. The molecular weight excluding hydrogens is 280 g/mol. The third-order valence-electron chi connectivity index (χ3n) is 3.37. The maximum atomic E-state index is 11.8. The van der Waals surface area contributed by atoms with Crippen molar-refractivity contribution in [1.29, 1.82) is 0 Å². The number of rotatable bonds is 5. The highest BCUT2D eigenvalue weighted by molar-refractivity contribution is 5.94. The minimum atomic E-state index is -0.139. The van der Waals surface area contributed by atoms with E-state index < -0.39 is 0 Å². The number of Topliss-reactive ketones (excluding diaryl/α,β-unsaturated/α-hetero) is 1. The molecule has 0 radical (unpaired) electrons. The number of aromatic nitrogens is 2. The van der Waals surface area contributed by atoms with Crippen LogP contribution in [0.2, 0.25) is 0 Å². The van der Waals surface area contributed by atoms with Crippen LogP contribution in [0.15, 0.2) is 36.7 Å². The van der Waals surface area contributed by atoms with Gasteiger partial charge in [0.2, 0.25) is 5.95 Å². The monoisotopic (exact) mass is 296 g/mol. The normalized spacial score (nSPS) is 13.5. The summed E-state index contributed by atoms with van der Waals surface area (Å²) in [5.74, 6) is 0.284. The van der Waals surface area contributed by atoms with Gasteiger partial charge in [0.1, 0.15) is 0 Å². The Labute approximate surface area is 128 Å². The molecule has 1 aromatic heterocycles.